The van der Waals surface area contributed by atoms with Gasteiger partial charge >= 0.3 is 6.18 Å². The van der Waals surface area contributed by atoms with Crippen LogP contribution in [-0.2, 0) is 0 Å². The van der Waals surface area contributed by atoms with Gasteiger partial charge in [-0.05, 0) is 26.0 Å². The van der Waals surface area contributed by atoms with Gasteiger partial charge in [-0.1, -0.05) is 11.6 Å². The van der Waals surface area contributed by atoms with Crippen LogP contribution in [0.25, 0.3) is 10.9 Å². The molecule has 1 aromatic heterocycles. The van der Waals surface area contributed by atoms with Gasteiger partial charge < -0.3 is 4.90 Å². The molecule has 0 amide bonds. The molecule has 1 aromatic carbocycles. The Morgan fingerprint density at radius 2 is 2.00 bits per heavy atom. The highest BCUT2D eigenvalue weighted by Crippen LogP contribution is 2.27. The molecule has 4 nitrogen and oxygen atoms in total. The first-order chi connectivity index (χ1) is 10.8. The number of rotatable bonds is 2. The highest BCUT2D eigenvalue weighted by molar-refractivity contribution is 5.89. The molecule has 2 heterocycles. The Balaban J connectivity index is 1.83. The largest absolute Gasteiger partial charge is 0.401 e. The Morgan fingerprint density at radius 3 is 2.70 bits per heavy atom. The lowest BCUT2D eigenvalue weighted by Gasteiger charge is -2.40. The molecule has 3 rings (SSSR count). The molecule has 1 aliphatic heterocycles. The molecule has 0 bridgehead atoms. The quantitative estimate of drug-likeness (QED) is 0.850. The highest BCUT2D eigenvalue weighted by atomic mass is 19.4. The van der Waals surface area contributed by atoms with Gasteiger partial charge in [0, 0.05) is 31.1 Å². The van der Waals surface area contributed by atoms with E-state index in [1.165, 1.54) is 11.2 Å². The van der Waals surface area contributed by atoms with Gasteiger partial charge in [-0.15, -0.1) is 0 Å². The van der Waals surface area contributed by atoms with E-state index in [1.54, 1.807) is 0 Å². The number of aryl methyl sites for hydroxylation is 1. The summed E-state index contributed by atoms with van der Waals surface area (Å²) in [5, 5.41) is 0.948. The second-order valence-corrected chi connectivity index (χ2v) is 6.10. The van der Waals surface area contributed by atoms with Crippen molar-refractivity contribution in [2.45, 2.75) is 26.1 Å². The average molecular weight is 324 g/mol. The normalized spacial score (nSPS) is 20.2. The van der Waals surface area contributed by atoms with E-state index in [0.717, 1.165) is 22.3 Å². The van der Waals surface area contributed by atoms with Gasteiger partial charge in [-0.25, -0.2) is 9.97 Å². The van der Waals surface area contributed by atoms with E-state index in [4.69, 9.17) is 0 Å². The summed E-state index contributed by atoms with van der Waals surface area (Å²) in [6.45, 7) is 4.40. The zero-order valence-electron chi connectivity index (χ0n) is 13.1. The molecule has 0 N–H and O–H groups in total. The summed E-state index contributed by atoms with van der Waals surface area (Å²) in [6, 6.07) is 5.78. The predicted octanol–water partition coefficient (Wildman–Crippen LogP) is 3.01. The van der Waals surface area contributed by atoms with E-state index < -0.39 is 12.7 Å². The van der Waals surface area contributed by atoms with E-state index in [1.807, 2.05) is 32.0 Å². The first kappa shape index (κ1) is 16.0. The number of alkyl halides is 3. The van der Waals surface area contributed by atoms with E-state index >= 15 is 0 Å². The zero-order valence-corrected chi connectivity index (χ0v) is 13.1. The van der Waals surface area contributed by atoms with Crippen LogP contribution in [0.3, 0.4) is 0 Å². The fraction of sp³-hybridized carbons (Fsp3) is 0.500. The lowest BCUT2D eigenvalue weighted by atomic mass is 10.1. The molecule has 0 saturated carbocycles. The van der Waals surface area contributed by atoms with Crippen molar-refractivity contribution in [3.63, 3.8) is 0 Å². The number of benzene rings is 1. The fourth-order valence-electron chi connectivity index (χ4n) is 3.06. The summed E-state index contributed by atoms with van der Waals surface area (Å²) in [5.41, 5.74) is 1.96. The molecule has 2 aromatic rings. The average Bonchev–Trinajstić information content (AvgIpc) is 2.47. The molecule has 7 heteroatoms. The molecule has 124 valence electrons. The summed E-state index contributed by atoms with van der Waals surface area (Å²) in [4.78, 5) is 12.2. The number of piperazine rings is 1. The molecule has 1 saturated heterocycles. The third-order valence-electron chi connectivity index (χ3n) is 4.22. The van der Waals surface area contributed by atoms with Crippen molar-refractivity contribution in [3.05, 3.63) is 30.1 Å². The maximum atomic E-state index is 12.6. The minimum atomic E-state index is -4.16. The number of hydrogen-bond donors (Lipinski definition) is 0. The minimum Gasteiger partial charge on any atom is -0.353 e. The van der Waals surface area contributed by atoms with Crippen LogP contribution in [0.1, 0.15) is 12.5 Å². The third kappa shape index (κ3) is 3.55. The number of hydrogen-bond acceptors (Lipinski definition) is 4. The predicted molar refractivity (Wildman–Crippen MR) is 83.6 cm³/mol. The van der Waals surface area contributed by atoms with Crippen molar-refractivity contribution < 1.29 is 13.2 Å². The SMILES string of the molecule is Cc1ccc2ncnc(N3CCN(CC(F)(F)F)C(C)C3)c2c1. The van der Waals surface area contributed by atoms with Gasteiger partial charge in [0.2, 0.25) is 0 Å². The van der Waals surface area contributed by atoms with Crippen LogP contribution in [0, 0.1) is 6.92 Å². The van der Waals surface area contributed by atoms with E-state index in [2.05, 4.69) is 14.9 Å². The molecule has 0 spiro atoms. The van der Waals surface area contributed by atoms with Crippen LogP contribution in [0.2, 0.25) is 0 Å². The highest BCUT2D eigenvalue weighted by Gasteiger charge is 2.35. The number of halogens is 3. The molecule has 23 heavy (non-hydrogen) atoms. The second-order valence-electron chi connectivity index (χ2n) is 6.10. The number of anilines is 1. The smallest absolute Gasteiger partial charge is 0.353 e. The van der Waals surface area contributed by atoms with E-state index in [0.29, 0.717) is 19.6 Å². The van der Waals surface area contributed by atoms with Crippen LogP contribution >= 0.6 is 0 Å². The maximum Gasteiger partial charge on any atom is 0.401 e. The van der Waals surface area contributed by atoms with Crippen LogP contribution < -0.4 is 4.90 Å². The summed E-state index contributed by atoms with van der Waals surface area (Å²) in [7, 11) is 0. The summed E-state index contributed by atoms with van der Waals surface area (Å²) >= 11 is 0. The number of fused-ring (bicyclic) bond motifs is 1. The number of aromatic nitrogens is 2. The maximum absolute atomic E-state index is 12.6. The standard InChI is InChI=1S/C16H19F3N4/c1-11-3-4-14-13(7-11)15(21-10-20-14)22-5-6-23(12(2)8-22)9-16(17,18)19/h3-4,7,10,12H,5-6,8-9H2,1-2H3. The molecule has 0 aliphatic carbocycles. The van der Waals surface area contributed by atoms with Gasteiger partial charge in [0.25, 0.3) is 0 Å². The van der Waals surface area contributed by atoms with Crippen molar-refractivity contribution in [2.75, 3.05) is 31.1 Å². The lowest BCUT2D eigenvalue weighted by Crippen LogP contribution is -2.54. The van der Waals surface area contributed by atoms with Crippen molar-refractivity contribution >= 4 is 16.7 Å². The Hall–Kier alpha value is -1.89. The minimum absolute atomic E-state index is 0.180. The van der Waals surface area contributed by atoms with Crippen LogP contribution in [0.15, 0.2) is 24.5 Å². The molecule has 0 radical (unpaired) electrons. The number of nitrogens with zero attached hydrogens (tertiary/aromatic N) is 4. The Labute approximate surface area is 132 Å². The molecule has 1 atom stereocenters. The Bertz CT molecular complexity index is 701. The van der Waals surface area contributed by atoms with Crippen LogP contribution in [0.4, 0.5) is 19.0 Å². The Morgan fingerprint density at radius 1 is 1.22 bits per heavy atom. The van der Waals surface area contributed by atoms with Gasteiger partial charge in [0.05, 0.1) is 12.1 Å². The molecular weight excluding hydrogens is 305 g/mol. The molecule has 1 unspecified atom stereocenters. The van der Waals surface area contributed by atoms with Crippen LogP contribution in [0.5, 0.6) is 0 Å². The monoisotopic (exact) mass is 324 g/mol. The molecule has 1 aliphatic rings. The fourth-order valence-corrected chi connectivity index (χ4v) is 3.06. The zero-order chi connectivity index (χ0) is 16.6. The first-order valence-corrected chi connectivity index (χ1v) is 7.60. The summed E-state index contributed by atoms with van der Waals surface area (Å²) in [5.74, 6) is 0.803. The van der Waals surface area contributed by atoms with Crippen molar-refractivity contribution in [1.82, 2.24) is 14.9 Å². The van der Waals surface area contributed by atoms with E-state index in [9.17, 15) is 13.2 Å². The van der Waals surface area contributed by atoms with Crippen molar-refractivity contribution in [2.24, 2.45) is 0 Å². The molecule has 1 fully saturated rings. The summed E-state index contributed by atoms with van der Waals surface area (Å²) < 4.78 is 37.8. The van der Waals surface area contributed by atoms with Crippen molar-refractivity contribution in [3.8, 4) is 0 Å². The first-order valence-electron chi connectivity index (χ1n) is 7.60. The lowest BCUT2D eigenvalue weighted by molar-refractivity contribution is -0.150. The summed E-state index contributed by atoms with van der Waals surface area (Å²) in [6.07, 6.45) is -2.64. The van der Waals surface area contributed by atoms with Gasteiger partial charge in [0.1, 0.15) is 12.1 Å². The van der Waals surface area contributed by atoms with Gasteiger partial charge in [-0.2, -0.15) is 13.2 Å². The van der Waals surface area contributed by atoms with E-state index in [-0.39, 0.29) is 6.04 Å². The van der Waals surface area contributed by atoms with Crippen LogP contribution in [-0.4, -0.2) is 53.3 Å². The third-order valence-corrected chi connectivity index (χ3v) is 4.22. The topological polar surface area (TPSA) is 32.3 Å². The van der Waals surface area contributed by atoms with Gasteiger partial charge in [-0.3, -0.25) is 4.90 Å². The van der Waals surface area contributed by atoms with Gasteiger partial charge in [0.15, 0.2) is 0 Å². The van der Waals surface area contributed by atoms with Crippen molar-refractivity contribution in [1.29, 1.82) is 0 Å². The second kappa shape index (κ2) is 5.96. The molecular formula is C16H19F3N4. The Kier molecular flexibility index (Phi) is 4.14.